The Kier molecular flexibility index (Phi) is 8.73. The number of halogens is 4. The first-order valence-corrected chi connectivity index (χ1v) is 11.2. The third-order valence-corrected chi connectivity index (χ3v) is 8.31. The molecule has 0 spiro atoms. The minimum Gasteiger partial charge on any atom is -0.483 e. The molecule has 1 aromatic heterocycles. The summed E-state index contributed by atoms with van der Waals surface area (Å²) < 4.78 is 72.6. The second-order valence-electron chi connectivity index (χ2n) is 7.55. The number of amides is 1. The lowest BCUT2D eigenvalue weighted by Crippen LogP contribution is -2.60. The lowest BCUT2D eigenvalue weighted by Gasteiger charge is -2.40. The monoisotopic (exact) mass is 503 g/mol. The molecule has 2 fully saturated rings. The molecule has 14 heteroatoms. The van der Waals surface area contributed by atoms with Crippen LogP contribution >= 0.6 is 12.4 Å². The van der Waals surface area contributed by atoms with Crippen LogP contribution in [0.5, 0.6) is 5.75 Å². The summed E-state index contributed by atoms with van der Waals surface area (Å²) in [5.74, 6) is -1.05. The number of hydrogen-bond donors (Lipinski definition) is 2. The third-order valence-electron chi connectivity index (χ3n) is 5.68. The number of pyridine rings is 1. The molecule has 0 radical (unpaired) electrons. The number of carbonyl (C=O) groups is 1. The van der Waals surface area contributed by atoms with Crippen molar-refractivity contribution in [1.82, 2.24) is 14.8 Å². The van der Waals surface area contributed by atoms with Crippen LogP contribution in [-0.4, -0.2) is 72.7 Å². The van der Waals surface area contributed by atoms with Gasteiger partial charge in [0.2, 0.25) is 10.0 Å². The standard InChI is InChI=1S/C18H24F3N3O6S.ClH/c19-18(20,21)12-30-14-1-2-15(22-11-14)13-3-7-24(8-4-13)31(27,28)17(16(25)23-26)5-9-29-10-6-17;/h1-2,11,13,26H,3-10,12H2,(H,23,25);1H. The normalized spacial score (nSPS) is 20.2. The minimum absolute atomic E-state index is 0. The second-order valence-corrected chi connectivity index (χ2v) is 9.80. The fourth-order valence-electron chi connectivity index (χ4n) is 3.93. The molecular weight excluding hydrogens is 479 g/mol. The van der Waals surface area contributed by atoms with Crippen LogP contribution < -0.4 is 10.2 Å². The van der Waals surface area contributed by atoms with Gasteiger partial charge >= 0.3 is 6.18 Å². The topological polar surface area (TPSA) is 118 Å². The molecule has 3 rings (SSSR count). The number of ether oxygens (including phenoxy) is 2. The van der Waals surface area contributed by atoms with Crippen molar-refractivity contribution in [2.75, 3.05) is 32.9 Å². The average molecular weight is 504 g/mol. The van der Waals surface area contributed by atoms with Gasteiger partial charge in [-0.1, -0.05) is 0 Å². The summed E-state index contributed by atoms with van der Waals surface area (Å²) in [6.07, 6.45) is -2.46. The maximum atomic E-state index is 13.3. The van der Waals surface area contributed by atoms with Gasteiger partial charge in [0.1, 0.15) is 5.75 Å². The summed E-state index contributed by atoms with van der Waals surface area (Å²) >= 11 is 0. The molecule has 3 heterocycles. The Morgan fingerprint density at radius 2 is 1.91 bits per heavy atom. The SMILES string of the molecule is Cl.O=C(NO)C1(S(=O)(=O)N2CCC(c3ccc(OCC(F)(F)F)cn3)CC2)CCOCC1. The molecule has 2 aliphatic rings. The van der Waals surface area contributed by atoms with Gasteiger partial charge in [0.05, 0.1) is 6.20 Å². The van der Waals surface area contributed by atoms with Crippen molar-refractivity contribution in [2.24, 2.45) is 0 Å². The highest BCUT2D eigenvalue weighted by Gasteiger charge is 2.54. The van der Waals surface area contributed by atoms with E-state index in [4.69, 9.17) is 9.94 Å². The molecule has 0 aromatic carbocycles. The van der Waals surface area contributed by atoms with Gasteiger partial charge in [-0.2, -0.15) is 13.2 Å². The Morgan fingerprint density at radius 3 is 2.41 bits per heavy atom. The Labute approximate surface area is 189 Å². The van der Waals surface area contributed by atoms with Crippen molar-refractivity contribution < 1.29 is 41.1 Å². The molecule has 1 aromatic rings. The van der Waals surface area contributed by atoms with E-state index in [0.717, 1.165) is 0 Å². The lowest BCUT2D eigenvalue weighted by molar-refractivity contribution is -0.153. The minimum atomic E-state index is -4.44. The highest BCUT2D eigenvalue weighted by atomic mass is 35.5. The largest absolute Gasteiger partial charge is 0.483 e. The summed E-state index contributed by atoms with van der Waals surface area (Å²) in [7, 11) is -4.06. The van der Waals surface area contributed by atoms with E-state index in [1.807, 2.05) is 0 Å². The number of alkyl halides is 3. The van der Waals surface area contributed by atoms with E-state index >= 15 is 0 Å². The third kappa shape index (κ3) is 5.63. The molecule has 1 amide bonds. The van der Waals surface area contributed by atoms with Crippen molar-refractivity contribution in [3.63, 3.8) is 0 Å². The van der Waals surface area contributed by atoms with Gasteiger partial charge in [-0.3, -0.25) is 15.0 Å². The molecule has 2 saturated heterocycles. The molecule has 0 bridgehead atoms. The fourth-order valence-corrected chi connectivity index (χ4v) is 6.08. The zero-order valence-corrected chi connectivity index (χ0v) is 18.6. The van der Waals surface area contributed by atoms with Crippen LogP contribution in [-0.2, 0) is 19.6 Å². The van der Waals surface area contributed by atoms with Crippen molar-refractivity contribution in [1.29, 1.82) is 0 Å². The van der Waals surface area contributed by atoms with Gasteiger partial charge < -0.3 is 9.47 Å². The highest BCUT2D eigenvalue weighted by molar-refractivity contribution is 7.91. The zero-order chi connectivity index (χ0) is 22.7. The van der Waals surface area contributed by atoms with Crippen LogP contribution in [0.15, 0.2) is 18.3 Å². The molecule has 0 aliphatic carbocycles. The summed E-state index contributed by atoms with van der Waals surface area (Å²) in [6, 6.07) is 2.97. The first-order valence-electron chi connectivity index (χ1n) is 9.76. The van der Waals surface area contributed by atoms with E-state index in [9.17, 15) is 26.4 Å². The van der Waals surface area contributed by atoms with Gasteiger partial charge in [0.15, 0.2) is 11.4 Å². The summed E-state index contributed by atoms with van der Waals surface area (Å²) in [6.45, 7) is -0.908. The predicted octanol–water partition coefficient (Wildman–Crippen LogP) is 2.01. The Hall–Kier alpha value is -1.67. The van der Waals surface area contributed by atoms with E-state index in [1.165, 1.54) is 22.0 Å². The van der Waals surface area contributed by atoms with Crippen LogP contribution in [0.3, 0.4) is 0 Å². The van der Waals surface area contributed by atoms with Crippen LogP contribution in [0, 0.1) is 0 Å². The smallest absolute Gasteiger partial charge is 0.422 e. The summed E-state index contributed by atoms with van der Waals surface area (Å²) in [5, 5.41) is 9.11. The lowest BCUT2D eigenvalue weighted by atomic mass is 9.94. The van der Waals surface area contributed by atoms with Gasteiger partial charge in [-0.25, -0.2) is 18.2 Å². The number of hydroxylamine groups is 1. The van der Waals surface area contributed by atoms with Crippen LogP contribution in [0.1, 0.15) is 37.3 Å². The number of sulfonamides is 1. The van der Waals surface area contributed by atoms with Crippen molar-refractivity contribution in [2.45, 2.75) is 42.5 Å². The Morgan fingerprint density at radius 1 is 1.28 bits per heavy atom. The number of nitrogens with one attached hydrogen (secondary N) is 1. The molecule has 9 nitrogen and oxygen atoms in total. The molecule has 0 unspecified atom stereocenters. The number of aromatic nitrogens is 1. The number of rotatable bonds is 6. The van der Waals surface area contributed by atoms with Crippen LogP contribution in [0.4, 0.5) is 13.2 Å². The highest BCUT2D eigenvalue weighted by Crippen LogP contribution is 2.36. The fraction of sp³-hybridized carbons (Fsp3) is 0.667. The zero-order valence-electron chi connectivity index (χ0n) is 17.0. The van der Waals surface area contributed by atoms with Gasteiger partial charge in [-0.15, -0.1) is 12.4 Å². The van der Waals surface area contributed by atoms with Crippen molar-refractivity contribution in [3.8, 4) is 5.75 Å². The summed E-state index contributed by atoms with van der Waals surface area (Å²) in [5.41, 5.74) is 2.12. The molecule has 2 N–H and O–H groups in total. The Bertz CT molecular complexity index is 871. The van der Waals surface area contributed by atoms with Gasteiger partial charge in [0, 0.05) is 50.8 Å². The molecule has 0 saturated carbocycles. The van der Waals surface area contributed by atoms with Crippen molar-refractivity contribution in [3.05, 3.63) is 24.0 Å². The van der Waals surface area contributed by atoms with Crippen LogP contribution in [0.25, 0.3) is 0 Å². The first-order chi connectivity index (χ1) is 14.6. The van der Waals surface area contributed by atoms with Crippen LogP contribution in [0.2, 0.25) is 0 Å². The molecule has 0 atom stereocenters. The van der Waals surface area contributed by atoms with E-state index < -0.39 is 33.5 Å². The quantitative estimate of drug-likeness (QED) is 0.450. The maximum absolute atomic E-state index is 13.3. The molecule has 32 heavy (non-hydrogen) atoms. The first kappa shape index (κ1) is 26.6. The summed E-state index contributed by atoms with van der Waals surface area (Å²) in [4.78, 5) is 16.5. The molecule has 2 aliphatic heterocycles. The van der Waals surface area contributed by atoms with Gasteiger partial charge in [-0.05, 0) is 25.0 Å². The average Bonchev–Trinajstić information content (AvgIpc) is 2.77. The van der Waals surface area contributed by atoms with E-state index in [1.54, 1.807) is 6.07 Å². The number of piperidine rings is 1. The number of nitrogens with zero attached hydrogens (tertiary/aromatic N) is 2. The predicted molar refractivity (Wildman–Crippen MR) is 108 cm³/mol. The molecular formula is C18H25ClF3N3O6S. The Balaban J connectivity index is 0.00000363. The van der Waals surface area contributed by atoms with Crippen molar-refractivity contribution >= 4 is 28.3 Å². The second kappa shape index (κ2) is 10.5. The van der Waals surface area contributed by atoms with E-state index in [2.05, 4.69) is 9.72 Å². The van der Waals surface area contributed by atoms with E-state index in [-0.39, 0.29) is 63.2 Å². The number of hydrogen-bond acceptors (Lipinski definition) is 7. The number of carbonyl (C=O) groups excluding carboxylic acids is 1. The van der Waals surface area contributed by atoms with E-state index in [0.29, 0.717) is 18.5 Å². The maximum Gasteiger partial charge on any atom is 0.422 e. The molecule has 182 valence electrons. The van der Waals surface area contributed by atoms with Gasteiger partial charge in [0.25, 0.3) is 5.91 Å².